The number of hydrogen-bond acceptors (Lipinski definition) is 3. The molecule has 3 N–H and O–H groups in total. The fourth-order valence-electron chi connectivity index (χ4n) is 1.81. The topological polar surface area (TPSA) is 67.6 Å². The van der Waals surface area contributed by atoms with Crippen molar-refractivity contribution in [2.24, 2.45) is 5.73 Å². The molecule has 0 spiro atoms. The lowest BCUT2D eigenvalue weighted by Gasteiger charge is -2.07. The van der Waals surface area contributed by atoms with Gasteiger partial charge in [-0.25, -0.2) is 9.97 Å². The fourth-order valence-corrected chi connectivity index (χ4v) is 1.81. The van der Waals surface area contributed by atoms with Gasteiger partial charge in [-0.1, -0.05) is 0 Å². The van der Waals surface area contributed by atoms with Crippen LogP contribution in [0.5, 0.6) is 0 Å². The summed E-state index contributed by atoms with van der Waals surface area (Å²) in [6, 6.07) is 2.11. The lowest BCUT2D eigenvalue weighted by atomic mass is 10.1. The molecular weight excluding hydrogens is 188 g/mol. The van der Waals surface area contributed by atoms with E-state index in [0.717, 1.165) is 24.0 Å². The molecule has 1 fully saturated rings. The Kier molecular flexibility index (Phi) is 1.79. The molecule has 15 heavy (non-hydrogen) atoms. The predicted octanol–water partition coefficient (Wildman–Crippen LogP) is 1.38. The minimum Gasteiger partial charge on any atom is -0.343 e. The zero-order chi connectivity index (χ0) is 10.3. The molecular formula is C11H14N4. The molecule has 0 unspecified atom stereocenters. The standard InChI is InChI=1S/C11H14N4/c12-11(3-4-11)2-1-8-5-9-10(13-6-8)15-7-14-9/h5-7H,1-4,12H2,(H,13,14,15). The minimum atomic E-state index is 0.128. The highest BCUT2D eigenvalue weighted by molar-refractivity contribution is 5.70. The number of nitrogens with zero attached hydrogens (tertiary/aromatic N) is 2. The molecule has 0 aromatic carbocycles. The molecule has 4 nitrogen and oxygen atoms in total. The van der Waals surface area contributed by atoms with Crippen LogP contribution >= 0.6 is 0 Å². The number of H-pyrrole nitrogens is 1. The molecule has 78 valence electrons. The first-order valence-corrected chi connectivity index (χ1v) is 5.32. The van der Waals surface area contributed by atoms with Crippen LogP contribution in [0.15, 0.2) is 18.6 Å². The summed E-state index contributed by atoms with van der Waals surface area (Å²) in [5, 5.41) is 0. The molecule has 4 heteroatoms. The third-order valence-corrected chi connectivity index (χ3v) is 3.13. The van der Waals surface area contributed by atoms with E-state index in [-0.39, 0.29) is 5.54 Å². The Balaban J connectivity index is 1.78. The number of imidazole rings is 1. The number of hydrogen-bond donors (Lipinski definition) is 2. The van der Waals surface area contributed by atoms with E-state index in [2.05, 4.69) is 21.0 Å². The van der Waals surface area contributed by atoms with Gasteiger partial charge in [-0.15, -0.1) is 0 Å². The lowest BCUT2D eigenvalue weighted by Crippen LogP contribution is -2.22. The van der Waals surface area contributed by atoms with Crippen molar-refractivity contribution < 1.29 is 0 Å². The van der Waals surface area contributed by atoms with Gasteiger partial charge in [0.2, 0.25) is 0 Å². The minimum absolute atomic E-state index is 0.128. The number of aromatic nitrogens is 3. The van der Waals surface area contributed by atoms with Crippen LogP contribution in [-0.4, -0.2) is 20.5 Å². The average molecular weight is 202 g/mol. The van der Waals surface area contributed by atoms with Gasteiger partial charge >= 0.3 is 0 Å². The van der Waals surface area contributed by atoms with E-state index in [1.54, 1.807) is 6.33 Å². The third kappa shape index (κ3) is 1.72. The largest absolute Gasteiger partial charge is 0.343 e. The SMILES string of the molecule is NC1(CCc2cnc3nc[nH]c3c2)CC1. The Hall–Kier alpha value is -1.42. The maximum atomic E-state index is 6.05. The summed E-state index contributed by atoms with van der Waals surface area (Å²) in [4.78, 5) is 11.4. The molecule has 0 atom stereocenters. The average Bonchev–Trinajstić information content (AvgIpc) is 2.80. The Morgan fingerprint density at radius 3 is 3.07 bits per heavy atom. The molecule has 0 bridgehead atoms. The zero-order valence-electron chi connectivity index (χ0n) is 8.53. The Morgan fingerprint density at radius 1 is 1.40 bits per heavy atom. The van der Waals surface area contributed by atoms with Gasteiger partial charge in [0.1, 0.15) is 0 Å². The van der Waals surface area contributed by atoms with E-state index in [1.807, 2.05) is 6.20 Å². The van der Waals surface area contributed by atoms with E-state index in [4.69, 9.17) is 5.73 Å². The predicted molar refractivity (Wildman–Crippen MR) is 58.4 cm³/mol. The van der Waals surface area contributed by atoms with Gasteiger partial charge in [0.25, 0.3) is 0 Å². The van der Waals surface area contributed by atoms with Gasteiger partial charge in [0, 0.05) is 11.7 Å². The third-order valence-electron chi connectivity index (χ3n) is 3.13. The van der Waals surface area contributed by atoms with Crippen LogP contribution in [0.2, 0.25) is 0 Å². The highest BCUT2D eigenvalue weighted by atomic mass is 14.9. The molecule has 0 aliphatic heterocycles. The second-order valence-corrected chi connectivity index (χ2v) is 4.48. The summed E-state index contributed by atoms with van der Waals surface area (Å²) in [5.74, 6) is 0. The van der Waals surface area contributed by atoms with Crippen LogP contribution in [0.4, 0.5) is 0 Å². The van der Waals surface area contributed by atoms with Crippen molar-refractivity contribution in [3.63, 3.8) is 0 Å². The van der Waals surface area contributed by atoms with Crippen molar-refractivity contribution in [3.05, 3.63) is 24.2 Å². The zero-order valence-corrected chi connectivity index (χ0v) is 8.53. The Morgan fingerprint density at radius 2 is 2.27 bits per heavy atom. The Bertz CT molecular complexity index is 484. The first-order chi connectivity index (χ1) is 7.25. The molecule has 0 radical (unpaired) electrons. The lowest BCUT2D eigenvalue weighted by molar-refractivity contribution is 0.609. The van der Waals surface area contributed by atoms with Crippen LogP contribution < -0.4 is 5.73 Å². The van der Waals surface area contributed by atoms with E-state index in [9.17, 15) is 0 Å². The van der Waals surface area contributed by atoms with Gasteiger partial charge in [0.15, 0.2) is 5.65 Å². The number of fused-ring (bicyclic) bond motifs is 1. The molecule has 1 aliphatic carbocycles. The van der Waals surface area contributed by atoms with E-state index in [1.165, 1.54) is 18.4 Å². The summed E-state index contributed by atoms with van der Waals surface area (Å²) in [6.45, 7) is 0. The van der Waals surface area contributed by atoms with Crippen molar-refractivity contribution in [2.75, 3.05) is 0 Å². The summed E-state index contributed by atoms with van der Waals surface area (Å²) in [7, 11) is 0. The highest BCUT2D eigenvalue weighted by Gasteiger charge is 2.37. The number of aromatic amines is 1. The van der Waals surface area contributed by atoms with Crippen molar-refractivity contribution in [1.82, 2.24) is 15.0 Å². The molecule has 1 aliphatic rings. The Labute approximate surface area is 87.9 Å². The smallest absolute Gasteiger partial charge is 0.177 e. The van der Waals surface area contributed by atoms with Crippen LogP contribution in [-0.2, 0) is 6.42 Å². The summed E-state index contributed by atoms with van der Waals surface area (Å²) in [6.07, 6.45) is 7.99. The molecule has 0 amide bonds. The highest BCUT2D eigenvalue weighted by Crippen LogP contribution is 2.36. The van der Waals surface area contributed by atoms with Crippen molar-refractivity contribution in [2.45, 2.75) is 31.2 Å². The fraction of sp³-hybridized carbons (Fsp3) is 0.455. The number of nitrogens with one attached hydrogen (secondary N) is 1. The van der Waals surface area contributed by atoms with Gasteiger partial charge in [-0.05, 0) is 37.3 Å². The van der Waals surface area contributed by atoms with Crippen LogP contribution in [0.3, 0.4) is 0 Å². The number of aryl methyl sites for hydroxylation is 1. The van der Waals surface area contributed by atoms with Gasteiger partial charge in [0.05, 0.1) is 11.8 Å². The number of nitrogens with two attached hydrogens (primary N) is 1. The van der Waals surface area contributed by atoms with E-state index < -0.39 is 0 Å². The molecule has 2 aromatic rings. The first-order valence-electron chi connectivity index (χ1n) is 5.32. The van der Waals surface area contributed by atoms with Crippen molar-refractivity contribution in [3.8, 4) is 0 Å². The molecule has 1 saturated carbocycles. The van der Waals surface area contributed by atoms with Crippen molar-refractivity contribution in [1.29, 1.82) is 0 Å². The second-order valence-electron chi connectivity index (χ2n) is 4.48. The molecule has 3 rings (SSSR count). The van der Waals surface area contributed by atoms with Crippen LogP contribution in [0.25, 0.3) is 11.2 Å². The molecule has 2 aromatic heterocycles. The van der Waals surface area contributed by atoms with Crippen LogP contribution in [0, 0.1) is 0 Å². The maximum Gasteiger partial charge on any atom is 0.177 e. The van der Waals surface area contributed by atoms with Gasteiger partial charge in [-0.3, -0.25) is 0 Å². The summed E-state index contributed by atoms with van der Waals surface area (Å²) < 4.78 is 0. The maximum absolute atomic E-state index is 6.05. The first kappa shape index (κ1) is 8.85. The van der Waals surface area contributed by atoms with E-state index in [0.29, 0.717) is 0 Å². The number of rotatable bonds is 3. The van der Waals surface area contributed by atoms with Gasteiger partial charge < -0.3 is 10.7 Å². The van der Waals surface area contributed by atoms with E-state index >= 15 is 0 Å². The van der Waals surface area contributed by atoms with Crippen molar-refractivity contribution >= 4 is 11.2 Å². The van der Waals surface area contributed by atoms with Crippen LogP contribution in [0.1, 0.15) is 24.8 Å². The molecule has 2 heterocycles. The van der Waals surface area contributed by atoms with Gasteiger partial charge in [-0.2, -0.15) is 0 Å². The monoisotopic (exact) mass is 202 g/mol. The second kappa shape index (κ2) is 3.03. The normalized spacial score (nSPS) is 18.2. The molecule has 0 saturated heterocycles. The summed E-state index contributed by atoms with van der Waals surface area (Å²) >= 11 is 0. The quantitative estimate of drug-likeness (QED) is 0.790. The summed E-state index contributed by atoms with van der Waals surface area (Å²) in [5.41, 5.74) is 9.21. The number of pyridine rings is 1.